The molecule has 0 atom stereocenters. The molecule has 2 aromatic rings. The Morgan fingerprint density at radius 1 is 1.08 bits per heavy atom. The van der Waals surface area contributed by atoms with Gasteiger partial charge in [0.25, 0.3) is 0 Å². The third kappa shape index (κ3) is 6.10. The van der Waals surface area contributed by atoms with Gasteiger partial charge in [-0.15, -0.1) is 10.2 Å². The van der Waals surface area contributed by atoms with Crippen LogP contribution in [0.4, 0.5) is 10.8 Å². The highest BCUT2D eigenvalue weighted by Crippen LogP contribution is 2.27. The second kappa shape index (κ2) is 9.14. The molecule has 1 heterocycles. The number of thioether (sulfide) groups is 1. The van der Waals surface area contributed by atoms with Gasteiger partial charge in [0.05, 0.1) is 5.75 Å². The SMILES string of the molecule is Cc1cc(C)c(NC(=O)CSc2nnc(NC(=O)CC(C)C)s2)c(C)c1. The average Bonchev–Trinajstić information content (AvgIpc) is 2.95. The molecule has 1 aromatic heterocycles. The first-order valence-electron chi connectivity index (χ1n) is 8.38. The number of aryl methyl sites for hydroxylation is 3. The van der Waals surface area contributed by atoms with E-state index in [9.17, 15) is 9.59 Å². The minimum absolute atomic E-state index is 0.0734. The number of aromatic nitrogens is 2. The fourth-order valence-electron chi connectivity index (χ4n) is 2.54. The van der Waals surface area contributed by atoms with Crippen molar-refractivity contribution < 1.29 is 9.59 Å². The summed E-state index contributed by atoms with van der Waals surface area (Å²) in [6, 6.07) is 4.10. The van der Waals surface area contributed by atoms with E-state index in [1.54, 1.807) is 0 Å². The Hall–Kier alpha value is -1.93. The first-order valence-corrected chi connectivity index (χ1v) is 10.2. The summed E-state index contributed by atoms with van der Waals surface area (Å²) in [7, 11) is 0. The van der Waals surface area contributed by atoms with Crippen LogP contribution in [0.15, 0.2) is 16.5 Å². The van der Waals surface area contributed by atoms with Gasteiger partial charge in [0.15, 0.2) is 4.34 Å². The van der Waals surface area contributed by atoms with E-state index in [2.05, 4.69) is 20.8 Å². The zero-order valence-electron chi connectivity index (χ0n) is 15.7. The number of benzene rings is 1. The number of nitrogens with zero attached hydrogens (tertiary/aromatic N) is 2. The minimum Gasteiger partial charge on any atom is -0.325 e. The van der Waals surface area contributed by atoms with Gasteiger partial charge in [-0.2, -0.15) is 0 Å². The topological polar surface area (TPSA) is 84.0 Å². The largest absolute Gasteiger partial charge is 0.325 e. The van der Waals surface area contributed by atoms with E-state index in [1.807, 2.05) is 46.8 Å². The second-order valence-electron chi connectivity index (χ2n) is 6.63. The molecular formula is C18H24N4O2S2. The standard InChI is InChI=1S/C18H24N4O2S2/c1-10(2)6-14(23)20-17-21-22-18(26-17)25-9-15(24)19-16-12(4)7-11(3)8-13(16)5/h7-8,10H,6,9H2,1-5H3,(H,19,24)(H,20,21,23). The van der Waals surface area contributed by atoms with Crippen molar-refractivity contribution in [2.24, 2.45) is 5.92 Å². The number of anilines is 2. The van der Waals surface area contributed by atoms with Gasteiger partial charge in [0.1, 0.15) is 0 Å². The fraction of sp³-hybridized carbons (Fsp3) is 0.444. The maximum Gasteiger partial charge on any atom is 0.234 e. The molecule has 1 aromatic carbocycles. The Morgan fingerprint density at radius 3 is 2.35 bits per heavy atom. The van der Waals surface area contributed by atoms with Crippen LogP contribution in [0.25, 0.3) is 0 Å². The lowest BCUT2D eigenvalue weighted by Crippen LogP contribution is -2.15. The van der Waals surface area contributed by atoms with Crippen molar-refractivity contribution in [2.75, 3.05) is 16.4 Å². The number of carbonyl (C=O) groups is 2. The summed E-state index contributed by atoms with van der Waals surface area (Å²) in [5.74, 6) is 0.358. The van der Waals surface area contributed by atoms with Gasteiger partial charge in [-0.25, -0.2) is 0 Å². The molecule has 26 heavy (non-hydrogen) atoms. The van der Waals surface area contributed by atoms with Gasteiger partial charge in [0, 0.05) is 12.1 Å². The highest BCUT2D eigenvalue weighted by atomic mass is 32.2. The van der Waals surface area contributed by atoms with Gasteiger partial charge in [-0.3, -0.25) is 9.59 Å². The summed E-state index contributed by atoms with van der Waals surface area (Å²) in [6.45, 7) is 9.97. The summed E-state index contributed by atoms with van der Waals surface area (Å²) in [6.07, 6.45) is 0.444. The predicted octanol–water partition coefficient (Wildman–Crippen LogP) is 4.18. The summed E-state index contributed by atoms with van der Waals surface area (Å²) >= 11 is 2.58. The molecule has 0 aliphatic heterocycles. The summed E-state index contributed by atoms with van der Waals surface area (Å²) in [5.41, 5.74) is 4.13. The smallest absolute Gasteiger partial charge is 0.234 e. The van der Waals surface area contributed by atoms with Crippen molar-refractivity contribution in [1.29, 1.82) is 0 Å². The normalized spacial score (nSPS) is 10.8. The molecule has 0 aliphatic rings. The molecule has 0 fully saturated rings. The van der Waals surface area contributed by atoms with Crippen LogP contribution in [0, 0.1) is 26.7 Å². The molecule has 0 radical (unpaired) electrons. The maximum absolute atomic E-state index is 12.2. The zero-order valence-corrected chi connectivity index (χ0v) is 17.3. The Balaban J connectivity index is 1.87. The van der Waals surface area contributed by atoms with Crippen LogP contribution in [0.2, 0.25) is 0 Å². The maximum atomic E-state index is 12.2. The molecule has 0 unspecified atom stereocenters. The molecule has 8 heteroatoms. The monoisotopic (exact) mass is 392 g/mol. The molecule has 0 saturated carbocycles. The first kappa shape index (κ1) is 20.4. The number of amides is 2. The van der Waals surface area contributed by atoms with E-state index < -0.39 is 0 Å². The van der Waals surface area contributed by atoms with E-state index in [-0.39, 0.29) is 23.5 Å². The quantitative estimate of drug-likeness (QED) is 0.545. The van der Waals surface area contributed by atoms with Crippen LogP contribution in [-0.2, 0) is 9.59 Å². The van der Waals surface area contributed by atoms with Crippen molar-refractivity contribution in [3.63, 3.8) is 0 Å². The van der Waals surface area contributed by atoms with Crippen molar-refractivity contribution in [3.8, 4) is 0 Å². The van der Waals surface area contributed by atoms with Gasteiger partial charge >= 0.3 is 0 Å². The molecule has 2 N–H and O–H groups in total. The number of hydrogen-bond donors (Lipinski definition) is 2. The number of nitrogens with one attached hydrogen (secondary N) is 2. The lowest BCUT2D eigenvalue weighted by Gasteiger charge is -2.12. The summed E-state index contributed by atoms with van der Waals surface area (Å²) < 4.78 is 0.650. The van der Waals surface area contributed by atoms with E-state index in [1.165, 1.54) is 28.7 Å². The number of hydrogen-bond acceptors (Lipinski definition) is 6. The van der Waals surface area contributed by atoms with Crippen LogP contribution in [0.3, 0.4) is 0 Å². The minimum atomic E-state index is -0.0920. The lowest BCUT2D eigenvalue weighted by atomic mass is 10.1. The summed E-state index contributed by atoms with van der Waals surface area (Å²) in [4.78, 5) is 24.0. The third-order valence-corrected chi connectivity index (χ3v) is 5.49. The fourth-order valence-corrected chi connectivity index (χ4v) is 4.11. The van der Waals surface area contributed by atoms with Gasteiger partial charge < -0.3 is 10.6 Å². The van der Waals surface area contributed by atoms with Crippen molar-refractivity contribution in [3.05, 3.63) is 28.8 Å². The van der Waals surface area contributed by atoms with Crippen LogP contribution < -0.4 is 10.6 Å². The van der Waals surface area contributed by atoms with E-state index in [4.69, 9.17) is 0 Å². The highest BCUT2D eigenvalue weighted by molar-refractivity contribution is 8.01. The summed E-state index contributed by atoms with van der Waals surface area (Å²) in [5, 5.41) is 14.1. The van der Waals surface area contributed by atoms with Crippen molar-refractivity contribution >= 4 is 45.7 Å². The zero-order chi connectivity index (χ0) is 19.3. The second-order valence-corrected chi connectivity index (χ2v) is 8.83. The van der Waals surface area contributed by atoms with Crippen molar-refractivity contribution in [2.45, 2.75) is 45.4 Å². The Bertz CT molecular complexity index is 779. The van der Waals surface area contributed by atoms with Gasteiger partial charge in [0.2, 0.25) is 16.9 Å². The predicted molar refractivity (Wildman–Crippen MR) is 108 cm³/mol. The molecule has 2 rings (SSSR count). The lowest BCUT2D eigenvalue weighted by molar-refractivity contribution is -0.117. The molecular weight excluding hydrogens is 368 g/mol. The molecule has 0 spiro atoms. The number of carbonyl (C=O) groups excluding carboxylic acids is 2. The molecule has 6 nitrogen and oxygen atoms in total. The Labute approximate surface area is 162 Å². The highest BCUT2D eigenvalue weighted by Gasteiger charge is 2.13. The van der Waals surface area contributed by atoms with E-state index >= 15 is 0 Å². The molecule has 0 saturated heterocycles. The molecule has 140 valence electrons. The number of rotatable bonds is 7. The van der Waals surface area contributed by atoms with Crippen LogP contribution >= 0.6 is 23.1 Å². The average molecular weight is 393 g/mol. The Morgan fingerprint density at radius 2 is 1.73 bits per heavy atom. The molecule has 2 amide bonds. The van der Waals surface area contributed by atoms with E-state index in [0.29, 0.717) is 15.9 Å². The first-order chi connectivity index (χ1) is 12.2. The Kier molecular flexibility index (Phi) is 7.16. The third-order valence-electron chi connectivity index (χ3n) is 3.51. The van der Waals surface area contributed by atoms with Gasteiger partial charge in [-0.05, 0) is 37.8 Å². The van der Waals surface area contributed by atoms with Crippen LogP contribution in [-0.4, -0.2) is 27.8 Å². The van der Waals surface area contributed by atoms with Crippen molar-refractivity contribution in [1.82, 2.24) is 10.2 Å². The van der Waals surface area contributed by atoms with Crippen LogP contribution in [0.1, 0.15) is 37.0 Å². The van der Waals surface area contributed by atoms with E-state index in [0.717, 1.165) is 16.8 Å². The molecule has 0 bridgehead atoms. The van der Waals surface area contributed by atoms with Crippen LogP contribution in [0.5, 0.6) is 0 Å². The molecule has 0 aliphatic carbocycles. The van der Waals surface area contributed by atoms with Gasteiger partial charge in [-0.1, -0.05) is 54.6 Å².